The number of carboxylic acids is 1. The topological polar surface area (TPSA) is 101 Å². The average Bonchev–Trinajstić information content (AvgIpc) is 3.42. The van der Waals surface area contributed by atoms with Gasteiger partial charge in [-0.1, -0.05) is 43.5 Å². The Bertz CT molecular complexity index is 1580. The molecule has 0 bridgehead atoms. The number of hydrogen-bond acceptors (Lipinski definition) is 7. The van der Waals surface area contributed by atoms with Crippen LogP contribution in [0.5, 0.6) is 11.5 Å². The second-order valence-electron chi connectivity index (χ2n) is 11.3. The number of benzene rings is 3. The normalized spacial score (nSPS) is 14.9. The molecule has 0 saturated heterocycles. The Morgan fingerprint density at radius 2 is 1.66 bits per heavy atom. The number of rotatable bonds is 10. The van der Waals surface area contributed by atoms with Crippen molar-refractivity contribution in [2.45, 2.75) is 57.4 Å². The van der Waals surface area contributed by atoms with Crippen molar-refractivity contribution in [2.24, 2.45) is 0 Å². The number of nitrogens with zero attached hydrogens (tertiary/aromatic N) is 2. The maximum absolute atomic E-state index is 12.5. The predicted molar refractivity (Wildman–Crippen MR) is 172 cm³/mol. The number of aromatic nitrogens is 1. The van der Waals surface area contributed by atoms with Gasteiger partial charge in [0.25, 0.3) is 5.91 Å². The van der Waals surface area contributed by atoms with Crippen LogP contribution < -0.4 is 19.7 Å². The fourth-order valence-electron chi connectivity index (χ4n) is 5.80. The standard InChI is InChI=1S/C35H37N3O5S/c39-33(40)17-18-36-34(41)27-9-7-24(8-10-27)22-38(29-14-11-26(12-15-29)25-5-2-1-3-6-25)35-37-30(23-44-35)28-13-16-31-32(21-28)43-20-4-19-42-31/h7-16,21,23,25H,1-6,17-20,22H2,(H,36,41)(H,39,40). The van der Waals surface area contributed by atoms with Crippen LogP contribution >= 0.6 is 11.3 Å². The average molecular weight is 612 g/mol. The molecule has 2 heterocycles. The van der Waals surface area contributed by atoms with Crippen LogP contribution in [0.1, 0.15) is 72.3 Å². The van der Waals surface area contributed by atoms with E-state index in [1.807, 2.05) is 30.3 Å². The first-order valence-electron chi connectivity index (χ1n) is 15.4. The molecule has 1 aliphatic heterocycles. The predicted octanol–water partition coefficient (Wildman–Crippen LogP) is 7.56. The number of fused-ring (bicyclic) bond motifs is 1. The SMILES string of the molecule is O=C(O)CCNC(=O)c1ccc(CN(c2ccc(C3CCCCC3)cc2)c2nc(-c3ccc4c(c3)OCCCO4)cs2)cc1. The molecule has 1 saturated carbocycles. The van der Waals surface area contributed by atoms with Crippen LogP contribution in [-0.2, 0) is 11.3 Å². The Kier molecular flexibility index (Phi) is 9.41. The second kappa shape index (κ2) is 13.9. The summed E-state index contributed by atoms with van der Waals surface area (Å²) in [4.78, 5) is 30.5. The van der Waals surface area contributed by atoms with E-state index < -0.39 is 5.97 Å². The Labute approximate surface area is 261 Å². The van der Waals surface area contributed by atoms with Gasteiger partial charge in [-0.25, -0.2) is 4.98 Å². The van der Waals surface area contributed by atoms with Crippen LogP contribution in [0.2, 0.25) is 0 Å². The molecule has 0 atom stereocenters. The van der Waals surface area contributed by atoms with Crippen molar-refractivity contribution in [2.75, 3.05) is 24.7 Å². The highest BCUT2D eigenvalue weighted by molar-refractivity contribution is 7.14. The number of thiazole rings is 1. The molecule has 0 spiro atoms. The monoisotopic (exact) mass is 611 g/mol. The molecule has 2 aliphatic rings. The molecule has 6 rings (SSSR count). The lowest BCUT2D eigenvalue weighted by molar-refractivity contribution is -0.136. The number of amides is 1. The lowest BCUT2D eigenvalue weighted by atomic mass is 9.84. The highest BCUT2D eigenvalue weighted by Crippen LogP contribution is 2.39. The summed E-state index contributed by atoms with van der Waals surface area (Å²) >= 11 is 1.59. The van der Waals surface area contributed by atoms with Gasteiger partial charge in [0, 0.05) is 35.2 Å². The third-order valence-corrected chi connectivity index (χ3v) is 9.09. The molecule has 228 valence electrons. The summed E-state index contributed by atoms with van der Waals surface area (Å²) in [6.45, 7) is 1.94. The molecular formula is C35H37N3O5S. The zero-order valence-corrected chi connectivity index (χ0v) is 25.5. The van der Waals surface area contributed by atoms with E-state index in [1.165, 1.54) is 37.7 Å². The van der Waals surface area contributed by atoms with Crippen LogP contribution in [0, 0.1) is 0 Å². The van der Waals surface area contributed by atoms with Gasteiger partial charge in [-0.05, 0) is 72.4 Å². The molecule has 3 aromatic carbocycles. The van der Waals surface area contributed by atoms with Gasteiger partial charge in [0.05, 0.1) is 31.9 Å². The van der Waals surface area contributed by atoms with Crippen molar-refractivity contribution >= 4 is 34.0 Å². The van der Waals surface area contributed by atoms with Gasteiger partial charge >= 0.3 is 5.97 Å². The van der Waals surface area contributed by atoms with Gasteiger partial charge in [-0.2, -0.15) is 0 Å². The van der Waals surface area contributed by atoms with Gasteiger partial charge < -0.3 is 24.8 Å². The zero-order valence-electron chi connectivity index (χ0n) is 24.7. The molecule has 9 heteroatoms. The van der Waals surface area contributed by atoms with Crippen LogP contribution in [0.4, 0.5) is 10.8 Å². The fourth-order valence-corrected chi connectivity index (χ4v) is 6.66. The van der Waals surface area contributed by atoms with Crippen LogP contribution in [0.3, 0.4) is 0 Å². The van der Waals surface area contributed by atoms with E-state index in [0.717, 1.165) is 45.6 Å². The molecule has 0 unspecified atom stereocenters. The number of anilines is 2. The maximum atomic E-state index is 12.5. The van der Waals surface area contributed by atoms with Crippen LogP contribution in [0.25, 0.3) is 11.3 Å². The van der Waals surface area contributed by atoms with E-state index in [2.05, 4.69) is 39.9 Å². The molecule has 1 aliphatic carbocycles. The Hall–Kier alpha value is -4.37. The third kappa shape index (κ3) is 7.22. The lowest BCUT2D eigenvalue weighted by Gasteiger charge is -2.25. The van der Waals surface area contributed by atoms with Crippen molar-refractivity contribution in [3.8, 4) is 22.8 Å². The fraction of sp³-hybridized carbons (Fsp3) is 0.343. The smallest absolute Gasteiger partial charge is 0.305 e. The number of nitrogens with one attached hydrogen (secondary N) is 1. The molecule has 2 N–H and O–H groups in total. The van der Waals surface area contributed by atoms with Crippen molar-refractivity contribution in [3.05, 3.63) is 88.8 Å². The molecule has 1 amide bonds. The van der Waals surface area contributed by atoms with E-state index in [9.17, 15) is 9.59 Å². The number of carbonyl (C=O) groups excluding carboxylic acids is 1. The highest BCUT2D eigenvalue weighted by atomic mass is 32.1. The van der Waals surface area contributed by atoms with Crippen molar-refractivity contribution in [3.63, 3.8) is 0 Å². The molecule has 4 aromatic rings. The van der Waals surface area contributed by atoms with Crippen molar-refractivity contribution < 1.29 is 24.2 Å². The second-order valence-corrected chi connectivity index (χ2v) is 12.2. The maximum Gasteiger partial charge on any atom is 0.305 e. The first-order valence-corrected chi connectivity index (χ1v) is 16.2. The number of carbonyl (C=O) groups is 2. The Balaban J connectivity index is 1.25. The van der Waals surface area contributed by atoms with E-state index in [-0.39, 0.29) is 18.9 Å². The van der Waals surface area contributed by atoms with Gasteiger partial charge in [-0.15, -0.1) is 11.3 Å². The van der Waals surface area contributed by atoms with Gasteiger partial charge in [0.2, 0.25) is 0 Å². The molecular weight excluding hydrogens is 574 g/mol. The molecule has 44 heavy (non-hydrogen) atoms. The summed E-state index contributed by atoms with van der Waals surface area (Å²) in [6.07, 6.45) is 7.19. The highest BCUT2D eigenvalue weighted by Gasteiger charge is 2.20. The summed E-state index contributed by atoms with van der Waals surface area (Å²) in [6, 6.07) is 22.3. The first kappa shape index (κ1) is 29.7. The minimum absolute atomic E-state index is 0.0935. The molecule has 8 nitrogen and oxygen atoms in total. The Morgan fingerprint density at radius 3 is 2.41 bits per heavy atom. The number of hydrogen-bond donors (Lipinski definition) is 2. The lowest BCUT2D eigenvalue weighted by Crippen LogP contribution is -2.26. The van der Waals surface area contributed by atoms with E-state index in [4.69, 9.17) is 19.6 Å². The van der Waals surface area contributed by atoms with E-state index >= 15 is 0 Å². The largest absolute Gasteiger partial charge is 0.490 e. The summed E-state index contributed by atoms with van der Waals surface area (Å²) in [5.74, 6) is 0.915. The van der Waals surface area contributed by atoms with Gasteiger partial charge in [-0.3, -0.25) is 9.59 Å². The molecule has 1 fully saturated rings. The number of ether oxygens (including phenoxy) is 2. The van der Waals surface area contributed by atoms with Gasteiger partial charge in [0.15, 0.2) is 16.6 Å². The summed E-state index contributed by atoms with van der Waals surface area (Å²) in [7, 11) is 0. The van der Waals surface area contributed by atoms with Crippen LogP contribution in [-0.4, -0.2) is 41.7 Å². The summed E-state index contributed by atoms with van der Waals surface area (Å²) < 4.78 is 11.7. The first-order chi connectivity index (χ1) is 21.5. The number of aliphatic carboxylic acids is 1. The van der Waals surface area contributed by atoms with Gasteiger partial charge in [0.1, 0.15) is 0 Å². The molecule has 1 aromatic heterocycles. The quantitative estimate of drug-likeness (QED) is 0.191. The summed E-state index contributed by atoms with van der Waals surface area (Å²) in [5, 5.41) is 14.4. The zero-order chi connectivity index (χ0) is 30.3. The third-order valence-electron chi connectivity index (χ3n) is 8.23. The Morgan fingerprint density at radius 1 is 0.909 bits per heavy atom. The minimum Gasteiger partial charge on any atom is -0.490 e. The molecule has 0 radical (unpaired) electrons. The van der Waals surface area contributed by atoms with E-state index in [0.29, 0.717) is 31.2 Å². The van der Waals surface area contributed by atoms with Crippen molar-refractivity contribution in [1.29, 1.82) is 0 Å². The minimum atomic E-state index is -0.942. The van der Waals surface area contributed by atoms with E-state index in [1.54, 1.807) is 23.5 Å². The van der Waals surface area contributed by atoms with Crippen molar-refractivity contribution in [1.82, 2.24) is 10.3 Å². The number of carboxylic acid groups (broad SMARTS) is 1. The van der Waals surface area contributed by atoms with Crippen LogP contribution in [0.15, 0.2) is 72.1 Å². The summed E-state index contributed by atoms with van der Waals surface area (Å²) in [5.41, 5.74) is 5.82.